The number of nitrogens with zero attached hydrogens (tertiary/aromatic N) is 2. The number of amides is 1. The summed E-state index contributed by atoms with van der Waals surface area (Å²) < 4.78 is 5.40. The van der Waals surface area contributed by atoms with Gasteiger partial charge >= 0.3 is 6.09 Å². The molecular weight excluding hydrogens is 325 g/mol. The first kappa shape index (κ1) is 19.0. The molecular formula is C15H23Cl2N3O2. The SMILES string of the molecule is Cl.Cl.O=C(OCc1ccccc1)N1CCN2CCNCC2C1. The Morgan fingerprint density at radius 1 is 1.18 bits per heavy atom. The van der Waals surface area contributed by atoms with Gasteiger partial charge in [-0.2, -0.15) is 0 Å². The number of benzene rings is 1. The average Bonchev–Trinajstić information content (AvgIpc) is 2.53. The molecule has 0 aromatic heterocycles. The molecule has 0 bridgehead atoms. The van der Waals surface area contributed by atoms with E-state index in [-0.39, 0.29) is 30.9 Å². The monoisotopic (exact) mass is 347 g/mol. The molecule has 0 aliphatic carbocycles. The van der Waals surface area contributed by atoms with E-state index in [1.807, 2.05) is 35.2 Å². The predicted molar refractivity (Wildman–Crippen MR) is 90.9 cm³/mol. The predicted octanol–water partition coefficient (Wildman–Crippen LogP) is 1.76. The van der Waals surface area contributed by atoms with Gasteiger partial charge in [0.05, 0.1) is 0 Å². The van der Waals surface area contributed by atoms with Crippen LogP contribution in [0.1, 0.15) is 5.56 Å². The van der Waals surface area contributed by atoms with Crippen LogP contribution in [0.25, 0.3) is 0 Å². The molecule has 2 aliphatic heterocycles. The van der Waals surface area contributed by atoms with Crippen molar-refractivity contribution >= 4 is 30.9 Å². The maximum atomic E-state index is 12.1. The number of ether oxygens (including phenoxy) is 1. The van der Waals surface area contributed by atoms with E-state index in [1.165, 1.54) is 0 Å². The smallest absolute Gasteiger partial charge is 0.410 e. The van der Waals surface area contributed by atoms with Crippen molar-refractivity contribution in [1.29, 1.82) is 0 Å². The number of piperazine rings is 2. The zero-order valence-electron chi connectivity index (χ0n) is 12.4. The molecule has 5 nitrogen and oxygen atoms in total. The minimum Gasteiger partial charge on any atom is -0.445 e. The molecule has 0 saturated carbocycles. The third-order valence-electron chi connectivity index (χ3n) is 4.02. The van der Waals surface area contributed by atoms with Crippen LogP contribution in [0.4, 0.5) is 4.79 Å². The van der Waals surface area contributed by atoms with Gasteiger partial charge in [-0.25, -0.2) is 4.79 Å². The fourth-order valence-corrected chi connectivity index (χ4v) is 2.85. The van der Waals surface area contributed by atoms with Crippen LogP contribution in [-0.2, 0) is 11.3 Å². The number of halogens is 2. The van der Waals surface area contributed by atoms with Gasteiger partial charge in [0.1, 0.15) is 6.61 Å². The standard InChI is InChI=1S/C15H21N3O2.2ClH/c19-15(20-12-13-4-2-1-3-5-13)18-9-8-17-7-6-16-10-14(17)11-18;;/h1-5,14,16H,6-12H2;2*1H. The van der Waals surface area contributed by atoms with Gasteiger partial charge in [-0.05, 0) is 5.56 Å². The highest BCUT2D eigenvalue weighted by Crippen LogP contribution is 2.13. The zero-order chi connectivity index (χ0) is 13.8. The Morgan fingerprint density at radius 2 is 1.95 bits per heavy atom. The van der Waals surface area contributed by atoms with E-state index in [0.717, 1.165) is 44.8 Å². The van der Waals surface area contributed by atoms with Crippen LogP contribution in [0.2, 0.25) is 0 Å². The summed E-state index contributed by atoms with van der Waals surface area (Å²) in [5, 5.41) is 3.38. The van der Waals surface area contributed by atoms with Gasteiger partial charge < -0.3 is 15.0 Å². The highest BCUT2D eigenvalue weighted by molar-refractivity contribution is 5.85. The Kier molecular flexibility index (Phi) is 7.96. The Balaban J connectivity index is 0.00000121. The lowest BCUT2D eigenvalue weighted by Crippen LogP contribution is -2.61. The molecule has 3 rings (SSSR count). The molecule has 0 radical (unpaired) electrons. The molecule has 1 N–H and O–H groups in total. The molecule has 2 saturated heterocycles. The van der Waals surface area contributed by atoms with Crippen LogP contribution in [0.3, 0.4) is 0 Å². The lowest BCUT2D eigenvalue weighted by atomic mass is 10.1. The van der Waals surface area contributed by atoms with E-state index in [0.29, 0.717) is 12.6 Å². The molecule has 2 heterocycles. The molecule has 0 spiro atoms. The second-order valence-electron chi connectivity index (χ2n) is 5.38. The van der Waals surface area contributed by atoms with Gasteiger partial charge in [0.25, 0.3) is 0 Å². The molecule has 1 amide bonds. The van der Waals surface area contributed by atoms with Crippen molar-refractivity contribution in [2.75, 3.05) is 39.3 Å². The molecule has 1 aromatic carbocycles. The number of nitrogens with one attached hydrogen (secondary N) is 1. The van der Waals surface area contributed by atoms with E-state index in [9.17, 15) is 4.79 Å². The number of hydrogen-bond acceptors (Lipinski definition) is 4. The summed E-state index contributed by atoms with van der Waals surface area (Å²) in [5.74, 6) is 0. The Labute approximate surface area is 143 Å². The molecule has 1 atom stereocenters. The molecule has 1 unspecified atom stereocenters. The van der Waals surface area contributed by atoms with Crippen molar-refractivity contribution < 1.29 is 9.53 Å². The summed E-state index contributed by atoms with van der Waals surface area (Å²) in [6, 6.07) is 10.2. The summed E-state index contributed by atoms with van der Waals surface area (Å²) >= 11 is 0. The Hall–Kier alpha value is -1.01. The topological polar surface area (TPSA) is 44.8 Å². The minimum atomic E-state index is -0.195. The van der Waals surface area contributed by atoms with Crippen LogP contribution in [0.15, 0.2) is 30.3 Å². The fraction of sp³-hybridized carbons (Fsp3) is 0.533. The van der Waals surface area contributed by atoms with Crippen molar-refractivity contribution in [2.24, 2.45) is 0 Å². The maximum Gasteiger partial charge on any atom is 0.410 e. The highest BCUT2D eigenvalue weighted by atomic mass is 35.5. The molecule has 1 aromatic rings. The van der Waals surface area contributed by atoms with Gasteiger partial charge in [0.15, 0.2) is 0 Å². The van der Waals surface area contributed by atoms with Gasteiger partial charge in [0.2, 0.25) is 0 Å². The number of carbonyl (C=O) groups excluding carboxylic acids is 1. The minimum absolute atomic E-state index is 0. The highest BCUT2D eigenvalue weighted by Gasteiger charge is 2.31. The third-order valence-corrected chi connectivity index (χ3v) is 4.02. The second-order valence-corrected chi connectivity index (χ2v) is 5.38. The first-order chi connectivity index (χ1) is 9.83. The van der Waals surface area contributed by atoms with Gasteiger partial charge in [-0.1, -0.05) is 30.3 Å². The lowest BCUT2D eigenvalue weighted by Gasteiger charge is -2.43. The Bertz CT molecular complexity index is 461. The number of fused-ring (bicyclic) bond motifs is 1. The maximum absolute atomic E-state index is 12.1. The van der Waals surface area contributed by atoms with E-state index >= 15 is 0 Å². The van der Waals surface area contributed by atoms with Crippen molar-refractivity contribution in [2.45, 2.75) is 12.6 Å². The van der Waals surface area contributed by atoms with E-state index in [1.54, 1.807) is 0 Å². The fourth-order valence-electron chi connectivity index (χ4n) is 2.85. The summed E-state index contributed by atoms with van der Waals surface area (Å²) in [4.78, 5) is 16.4. The van der Waals surface area contributed by atoms with Gasteiger partial charge in [0, 0.05) is 45.3 Å². The second kappa shape index (κ2) is 9.20. The molecule has 22 heavy (non-hydrogen) atoms. The van der Waals surface area contributed by atoms with Crippen LogP contribution in [0.5, 0.6) is 0 Å². The summed E-state index contributed by atoms with van der Waals surface area (Å²) in [5.41, 5.74) is 1.03. The summed E-state index contributed by atoms with van der Waals surface area (Å²) in [7, 11) is 0. The quantitative estimate of drug-likeness (QED) is 0.885. The average molecular weight is 348 g/mol. The van der Waals surface area contributed by atoms with Crippen molar-refractivity contribution in [3.05, 3.63) is 35.9 Å². The Morgan fingerprint density at radius 3 is 2.73 bits per heavy atom. The van der Waals surface area contributed by atoms with Crippen LogP contribution in [0, 0.1) is 0 Å². The van der Waals surface area contributed by atoms with Crippen LogP contribution < -0.4 is 5.32 Å². The van der Waals surface area contributed by atoms with E-state index in [4.69, 9.17) is 4.74 Å². The molecule has 2 aliphatic rings. The number of carbonyl (C=O) groups is 1. The normalized spacial score (nSPS) is 21.1. The summed E-state index contributed by atoms with van der Waals surface area (Å²) in [6.45, 7) is 5.93. The first-order valence-corrected chi connectivity index (χ1v) is 7.23. The van der Waals surface area contributed by atoms with E-state index < -0.39 is 0 Å². The first-order valence-electron chi connectivity index (χ1n) is 7.23. The van der Waals surface area contributed by atoms with Crippen molar-refractivity contribution in [3.63, 3.8) is 0 Å². The molecule has 124 valence electrons. The van der Waals surface area contributed by atoms with Crippen LogP contribution in [-0.4, -0.2) is 61.2 Å². The summed E-state index contributed by atoms with van der Waals surface area (Å²) in [6.07, 6.45) is -0.195. The third kappa shape index (κ3) is 4.74. The van der Waals surface area contributed by atoms with Gasteiger partial charge in [-0.3, -0.25) is 4.90 Å². The molecule has 7 heteroatoms. The van der Waals surface area contributed by atoms with Crippen molar-refractivity contribution in [3.8, 4) is 0 Å². The zero-order valence-corrected chi connectivity index (χ0v) is 14.1. The van der Waals surface area contributed by atoms with Crippen LogP contribution >= 0.6 is 24.8 Å². The van der Waals surface area contributed by atoms with Gasteiger partial charge in [-0.15, -0.1) is 24.8 Å². The largest absolute Gasteiger partial charge is 0.445 e. The van der Waals surface area contributed by atoms with E-state index in [2.05, 4.69) is 10.2 Å². The van der Waals surface area contributed by atoms with Crippen molar-refractivity contribution in [1.82, 2.24) is 15.1 Å². The lowest BCUT2D eigenvalue weighted by molar-refractivity contribution is 0.0385. The number of rotatable bonds is 2. The molecule has 2 fully saturated rings. The number of hydrogen-bond donors (Lipinski definition) is 1.